The molecule has 1 saturated carbocycles. The highest BCUT2D eigenvalue weighted by molar-refractivity contribution is 5.95. The van der Waals surface area contributed by atoms with E-state index in [0.29, 0.717) is 12.4 Å². The molecule has 1 aromatic heterocycles. The Kier molecular flexibility index (Phi) is 9.46. The molecular weight excluding hydrogens is 414 g/mol. The van der Waals surface area contributed by atoms with Crippen LogP contribution in [0.3, 0.4) is 0 Å². The molecule has 3 rings (SSSR count). The molecule has 1 aliphatic carbocycles. The van der Waals surface area contributed by atoms with Gasteiger partial charge in [0.15, 0.2) is 6.19 Å². The average molecular weight is 446 g/mol. The van der Waals surface area contributed by atoms with Crippen LogP contribution in [0.4, 0.5) is 5.69 Å². The van der Waals surface area contributed by atoms with Crippen LogP contribution in [-0.2, 0) is 4.79 Å². The summed E-state index contributed by atoms with van der Waals surface area (Å²) < 4.78 is 0. The minimum absolute atomic E-state index is 0.185. The minimum atomic E-state index is -0.762. The van der Waals surface area contributed by atoms with Gasteiger partial charge in [-0.05, 0) is 61.4 Å². The van der Waals surface area contributed by atoms with Crippen LogP contribution in [0, 0.1) is 11.5 Å². The van der Waals surface area contributed by atoms with Crippen molar-refractivity contribution in [2.45, 2.75) is 63.8 Å². The minimum Gasteiger partial charge on any atom is -0.481 e. The molecule has 7 heteroatoms. The molecule has 0 unspecified atom stereocenters. The molecular formula is C26H31N5O2. The van der Waals surface area contributed by atoms with Crippen molar-refractivity contribution in [3.63, 3.8) is 0 Å². The van der Waals surface area contributed by atoms with E-state index >= 15 is 0 Å². The number of guanidine groups is 1. The second-order valence-corrected chi connectivity index (χ2v) is 8.21. The first-order valence-electron chi connectivity index (χ1n) is 11.6. The van der Waals surface area contributed by atoms with E-state index in [4.69, 9.17) is 10.1 Å². The molecule has 0 saturated heterocycles. The first kappa shape index (κ1) is 24.0. The van der Waals surface area contributed by atoms with E-state index in [1.54, 1.807) is 6.20 Å². The number of hydrogen-bond donors (Lipinski definition) is 3. The largest absolute Gasteiger partial charge is 0.481 e. The molecule has 0 spiro atoms. The van der Waals surface area contributed by atoms with Gasteiger partial charge in [-0.1, -0.05) is 43.5 Å². The van der Waals surface area contributed by atoms with Crippen LogP contribution in [0.15, 0.2) is 59.9 Å². The van der Waals surface area contributed by atoms with Crippen LogP contribution < -0.4 is 10.6 Å². The Labute approximate surface area is 195 Å². The van der Waals surface area contributed by atoms with Crippen LogP contribution >= 0.6 is 0 Å². The third kappa shape index (κ3) is 8.08. The molecule has 1 aliphatic rings. The van der Waals surface area contributed by atoms with E-state index < -0.39 is 5.97 Å². The van der Waals surface area contributed by atoms with Gasteiger partial charge in [-0.15, -0.1) is 0 Å². The molecule has 1 aromatic carbocycles. The number of nitrogens with one attached hydrogen (secondary N) is 2. The van der Waals surface area contributed by atoms with Gasteiger partial charge >= 0.3 is 5.97 Å². The number of carboxylic acids is 1. The Morgan fingerprint density at radius 2 is 2.00 bits per heavy atom. The predicted molar refractivity (Wildman–Crippen MR) is 131 cm³/mol. The maximum atomic E-state index is 10.8. The van der Waals surface area contributed by atoms with Crippen molar-refractivity contribution in [1.29, 1.82) is 5.26 Å². The summed E-state index contributed by atoms with van der Waals surface area (Å²) in [5, 5.41) is 24.0. The van der Waals surface area contributed by atoms with Crippen LogP contribution in [0.5, 0.6) is 0 Å². The first-order chi connectivity index (χ1) is 16.2. The highest BCUT2D eigenvalue weighted by Gasteiger charge is 2.14. The summed E-state index contributed by atoms with van der Waals surface area (Å²) in [6, 6.07) is 12.2. The van der Waals surface area contributed by atoms with Gasteiger partial charge in [0.1, 0.15) is 0 Å². The first-order valence-corrected chi connectivity index (χ1v) is 11.6. The lowest BCUT2D eigenvalue weighted by Gasteiger charge is -2.19. The van der Waals surface area contributed by atoms with E-state index in [0.717, 1.165) is 48.1 Å². The number of hydrogen-bond acceptors (Lipinski definition) is 4. The molecule has 0 aliphatic heterocycles. The Bertz CT molecular complexity index is 1000. The zero-order chi connectivity index (χ0) is 23.3. The Hall–Kier alpha value is -3.66. The smallest absolute Gasteiger partial charge is 0.303 e. The summed E-state index contributed by atoms with van der Waals surface area (Å²) >= 11 is 0. The fourth-order valence-electron chi connectivity index (χ4n) is 4.03. The quantitative estimate of drug-likeness (QED) is 0.158. The van der Waals surface area contributed by atoms with Gasteiger partial charge in [-0.2, -0.15) is 5.26 Å². The molecule has 0 atom stereocenters. The number of aromatic nitrogens is 1. The number of aliphatic imine (C=N–C) groups is 1. The SMILES string of the molecule is N#CNC(=NC1CCCCC1)Nc1cccc(C(=CCCCCC(=O)O)c2cccnc2)c1. The van der Waals surface area contributed by atoms with Gasteiger partial charge < -0.3 is 10.4 Å². The highest BCUT2D eigenvalue weighted by atomic mass is 16.4. The molecule has 2 aromatic rings. The molecule has 33 heavy (non-hydrogen) atoms. The van der Waals surface area contributed by atoms with E-state index in [9.17, 15) is 10.1 Å². The number of allylic oxidation sites excluding steroid dienone is 1. The van der Waals surface area contributed by atoms with E-state index in [1.165, 1.54) is 19.3 Å². The fourth-order valence-corrected chi connectivity index (χ4v) is 4.03. The number of benzene rings is 1. The van der Waals surface area contributed by atoms with Crippen molar-refractivity contribution in [2.24, 2.45) is 4.99 Å². The van der Waals surface area contributed by atoms with Gasteiger partial charge in [-0.25, -0.2) is 4.99 Å². The standard InChI is InChI=1S/C26H31N5O2/c27-19-29-26(30-22-11-3-1-4-12-22)31-23-13-7-9-20(17-23)24(21-10-8-16-28-18-21)14-5-2-6-15-25(32)33/h7-10,13-14,16-18,22H,1-6,11-12,15H2,(H,32,33)(H2,29,30,31). The van der Waals surface area contributed by atoms with E-state index in [1.807, 2.05) is 48.8 Å². The topological polar surface area (TPSA) is 110 Å². The monoisotopic (exact) mass is 445 g/mol. The molecule has 0 bridgehead atoms. The van der Waals surface area contributed by atoms with Gasteiger partial charge in [0.05, 0.1) is 6.04 Å². The lowest BCUT2D eigenvalue weighted by atomic mass is 9.96. The lowest BCUT2D eigenvalue weighted by molar-refractivity contribution is -0.137. The zero-order valence-electron chi connectivity index (χ0n) is 18.8. The van der Waals surface area contributed by atoms with Gasteiger partial charge in [-0.3, -0.25) is 15.1 Å². The van der Waals surface area contributed by atoms with Crippen LogP contribution in [0.25, 0.3) is 5.57 Å². The van der Waals surface area contributed by atoms with Crippen molar-refractivity contribution in [1.82, 2.24) is 10.3 Å². The second kappa shape index (κ2) is 13.0. The van der Waals surface area contributed by atoms with Crippen molar-refractivity contribution >= 4 is 23.2 Å². The summed E-state index contributed by atoms with van der Waals surface area (Å²) in [5.41, 5.74) is 3.89. The van der Waals surface area contributed by atoms with Crippen molar-refractivity contribution < 1.29 is 9.90 Å². The summed E-state index contributed by atoms with van der Waals surface area (Å²) in [7, 11) is 0. The number of anilines is 1. The van der Waals surface area contributed by atoms with Gasteiger partial charge in [0.25, 0.3) is 0 Å². The van der Waals surface area contributed by atoms with E-state index in [2.05, 4.69) is 21.7 Å². The number of nitriles is 1. The maximum absolute atomic E-state index is 10.8. The number of carboxylic acid groups (broad SMARTS) is 1. The third-order valence-electron chi connectivity index (χ3n) is 5.66. The molecule has 0 amide bonds. The summed E-state index contributed by atoms with van der Waals surface area (Å²) in [5.74, 6) is -0.288. The van der Waals surface area contributed by atoms with E-state index in [-0.39, 0.29) is 12.5 Å². The van der Waals surface area contributed by atoms with Gasteiger partial charge in [0.2, 0.25) is 5.96 Å². The molecule has 7 nitrogen and oxygen atoms in total. The Morgan fingerprint density at radius 1 is 1.18 bits per heavy atom. The Balaban J connectivity index is 1.80. The highest BCUT2D eigenvalue weighted by Crippen LogP contribution is 2.26. The molecule has 1 fully saturated rings. The second-order valence-electron chi connectivity index (χ2n) is 8.21. The third-order valence-corrected chi connectivity index (χ3v) is 5.66. The lowest BCUT2D eigenvalue weighted by Crippen LogP contribution is -2.29. The van der Waals surface area contributed by atoms with Crippen molar-refractivity contribution in [3.05, 3.63) is 66.0 Å². The Morgan fingerprint density at radius 3 is 2.73 bits per heavy atom. The normalized spacial score (nSPS) is 15.0. The summed E-state index contributed by atoms with van der Waals surface area (Å²) in [6.07, 6.45) is 15.8. The molecule has 3 N–H and O–H groups in total. The maximum Gasteiger partial charge on any atom is 0.303 e. The van der Waals surface area contributed by atoms with Crippen LogP contribution in [0.2, 0.25) is 0 Å². The van der Waals surface area contributed by atoms with Crippen molar-refractivity contribution in [3.8, 4) is 6.19 Å². The summed E-state index contributed by atoms with van der Waals surface area (Å²) in [6.45, 7) is 0. The zero-order valence-corrected chi connectivity index (χ0v) is 18.8. The fraction of sp³-hybridized carbons (Fsp3) is 0.385. The average Bonchev–Trinajstić information content (AvgIpc) is 2.83. The number of unbranched alkanes of at least 4 members (excludes halogenated alkanes) is 2. The number of pyridine rings is 1. The van der Waals surface area contributed by atoms with Crippen LogP contribution in [0.1, 0.15) is 68.9 Å². The molecule has 172 valence electrons. The predicted octanol–water partition coefficient (Wildman–Crippen LogP) is 5.33. The van der Waals surface area contributed by atoms with Gasteiger partial charge in [0, 0.05) is 30.1 Å². The van der Waals surface area contributed by atoms with Crippen LogP contribution in [-0.4, -0.2) is 28.1 Å². The number of nitrogens with zero attached hydrogens (tertiary/aromatic N) is 3. The molecule has 1 heterocycles. The number of rotatable bonds is 9. The summed E-state index contributed by atoms with van der Waals surface area (Å²) in [4.78, 5) is 19.8. The number of carbonyl (C=O) groups is 1. The molecule has 0 radical (unpaired) electrons. The number of aliphatic carboxylic acids is 1. The van der Waals surface area contributed by atoms with Crippen molar-refractivity contribution in [2.75, 3.05) is 5.32 Å².